The van der Waals surface area contributed by atoms with E-state index in [1.165, 1.54) is 7.11 Å². The molecule has 0 amide bonds. The van der Waals surface area contributed by atoms with Crippen molar-refractivity contribution in [3.8, 4) is 0 Å². The van der Waals surface area contributed by atoms with Crippen molar-refractivity contribution in [2.24, 2.45) is 5.73 Å². The van der Waals surface area contributed by atoms with Gasteiger partial charge in [0.25, 0.3) is 0 Å². The topological polar surface area (TPSA) is 52.3 Å². The van der Waals surface area contributed by atoms with Gasteiger partial charge in [0.2, 0.25) is 0 Å². The van der Waals surface area contributed by atoms with Crippen LogP contribution in [0.1, 0.15) is 13.3 Å². The zero-order valence-electron chi connectivity index (χ0n) is 6.39. The molecule has 0 aromatic carbocycles. The lowest BCUT2D eigenvalue weighted by atomic mass is 10.0. The number of carbonyl (C=O) groups is 1. The van der Waals surface area contributed by atoms with Crippen molar-refractivity contribution in [2.45, 2.75) is 18.9 Å². The van der Waals surface area contributed by atoms with Crippen LogP contribution in [0.15, 0.2) is 12.7 Å². The molecule has 0 aliphatic heterocycles. The van der Waals surface area contributed by atoms with Gasteiger partial charge in [-0.05, 0) is 13.3 Å². The van der Waals surface area contributed by atoms with Crippen LogP contribution < -0.4 is 5.73 Å². The first-order chi connectivity index (χ1) is 4.54. The molecule has 1 atom stereocenters. The van der Waals surface area contributed by atoms with Crippen LogP contribution in [0.3, 0.4) is 0 Å². The van der Waals surface area contributed by atoms with Crippen molar-refractivity contribution in [3.05, 3.63) is 12.7 Å². The van der Waals surface area contributed by atoms with Gasteiger partial charge in [0.05, 0.1) is 7.11 Å². The molecule has 2 N–H and O–H groups in total. The third kappa shape index (κ3) is 2.19. The third-order valence-corrected chi connectivity index (χ3v) is 1.22. The Hall–Kier alpha value is -0.830. The van der Waals surface area contributed by atoms with Gasteiger partial charge in [0.1, 0.15) is 5.54 Å². The van der Waals surface area contributed by atoms with Gasteiger partial charge < -0.3 is 10.5 Å². The Labute approximate surface area is 60.9 Å². The molecule has 0 aromatic heterocycles. The molecule has 0 rings (SSSR count). The molecule has 0 fully saturated rings. The highest BCUT2D eigenvalue weighted by Crippen LogP contribution is 2.07. The first-order valence-electron chi connectivity index (χ1n) is 3.03. The van der Waals surface area contributed by atoms with Crippen molar-refractivity contribution in [1.29, 1.82) is 0 Å². The lowest BCUT2D eigenvalue weighted by Gasteiger charge is -2.18. The fraction of sp³-hybridized carbons (Fsp3) is 0.571. The maximum atomic E-state index is 10.8. The summed E-state index contributed by atoms with van der Waals surface area (Å²) < 4.78 is 4.46. The fourth-order valence-electron chi connectivity index (χ4n) is 0.616. The summed E-state index contributed by atoms with van der Waals surface area (Å²) in [7, 11) is 1.32. The Morgan fingerprint density at radius 3 is 2.70 bits per heavy atom. The van der Waals surface area contributed by atoms with Gasteiger partial charge in [-0.25, -0.2) is 0 Å². The van der Waals surface area contributed by atoms with Gasteiger partial charge >= 0.3 is 5.97 Å². The molecule has 0 spiro atoms. The number of methoxy groups -OCH3 is 1. The first-order valence-corrected chi connectivity index (χ1v) is 3.03. The van der Waals surface area contributed by atoms with Gasteiger partial charge in [-0.15, -0.1) is 6.58 Å². The minimum Gasteiger partial charge on any atom is -0.468 e. The molecule has 10 heavy (non-hydrogen) atoms. The summed E-state index contributed by atoms with van der Waals surface area (Å²) in [5, 5.41) is 0. The normalized spacial score (nSPS) is 15.5. The Bertz CT molecular complexity index is 141. The average Bonchev–Trinajstić information content (AvgIpc) is 1.86. The zero-order valence-corrected chi connectivity index (χ0v) is 6.39. The summed E-state index contributed by atoms with van der Waals surface area (Å²) in [5.41, 5.74) is 4.62. The summed E-state index contributed by atoms with van der Waals surface area (Å²) in [5.74, 6) is -0.410. The van der Waals surface area contributed by atoms with E-state index in [-0.39, 0.29) is 0 Å². The fourth-order valence-corrected chi connectivity index (χ4v) is 0.616. The van der Waals surface area contributed by atoms with Crippen molar-refractivity contribution < 1.29 is 9.53 Å². The lowest BCUT2D eigenvalue weighted by molar-refractivity contribution is -0.146. The average molecular weight is 143 g/mol. The Kier molecular flexibility index (Phi) is 3.09. The van der Waals surface area contributed by atoms with Gasteiger partial charge in [-0.3, -0.25) is 4.79 Å². The van der Waals surface area contributed by atoms with Gasteiger partial charge in [-0.1, -0.05) is 6.08 Å². The van der Waals surface area contributed by atoms with E-state index in [0.29, 0.717) is 6.42 Å². The van der Waals surface area contributed by atoms with E-state index >= 15 is 0 Å². The highest BCUT2D eigenvalue weighted by molar-refractivity contribution is 5.80. The highest BCUT2D eigenvalue weighted by atomic mass is 16.5. The van der Waals surface area contributed by atoms with Gasteiger partial charge in [0, 0.05) is 0 Å². The minimum absolute atomic E-state index is 0.410. The quantitative estimate of drug-likeness (QED) is 0.461. The second kappa shape index (κ2) is 3.37. The molecule has 0 aromatic rings. The molecule has 0 aliphatic carbocycles. The van der Waals surface area contributed by atoms with Gasteiger partial charge in [-0.2, -0.15) is 0 Å². The highest BCUT2D eigenvalue weighted by Gasteiger charge is 2.27. The first kappa shape index (κ1) is 9.17. The van der Waals surface area contributed by atoms with E-state index in [1.807, 2.05) is 0 Å². The number of hydrogen-bond acceptors (Lipinski definition) is 3. The zero-order chi connectivity index (χ0) is 8.20. The van der Waals surface area contributed by atoms with Crippen molar-refractivity contribution in [3.63, 3.8) is 0 Å². The van der Waals surface area contributed by atoms with Crippen LogP contribution in [0.4, 0.5) is 0 Å². The molecule has 0 saturated heterocycles. The van der Waals surface area contributed by atoms with E-state index in [2.05, 4.69) is 11.3 Å². The number of nitrogens with two attached hydrogens (primary N) is 1. The SMILES string of the molecule is C=CCC(C)(N)C(=O)OC. The van der Waals surface area contributed by atoms with Crippen LogP contribution in [0.5, 0.6) is 0 Å². The molecule has 0 bridgehead atoms. The maximum absolute atomic E-state index is 10.8. The van der Waals surface area contributed by atoms with Crippen molar-refractivity contribution in [1.82, 2.24) is 0 Å². The van der Waals surface area contributed by atoms with Gasteiger partial charge in [0.15, 0.2) is 0 Å². The second-order valence-electron chi connectivity index (χ2n) is 2.40. The predicted molar refractivity (Wildman–Crippen MR) is 39.4 cm³/mol. The van der Waals surface area contributed by atoms with E-state index in [1.54, 1.807) is 13.0 Å². The molecule has 0 saturated carbocycles. The molecule has 3 nitrogen and oxygen atoms in total. The van der Waals surface area contributed by atoms with Crippen LogP contribution in [-0.4, -0.2) is 18.6 Å². The molecule has 3 heteroatoms. The summed E-state index contributed by atoms with van der Waals surface area (Å²) in [6.07, 6.45) is 2.02. The van der Waals surface area contributed by atoms with Crippen LogP contribution in [0, 0.1) is 0 Å². The van der Waals surface area contributed by atoms with Crippen LogP contribution in [0.2, 0.25) is 0 Å². The van der Waals surface area contributed by atoms with Crippen molar-refractivity contribution >= 4 is 5.97 Å². The Balaban J connectivity index is 4.08. The van der Waals surface area contributed by atoms with Crippen LogP contribution in [-0.2, 0) is 9.53 Å². The molecule has 1 unspecified atom stereocenters. The van der Waals surface area contributed by atoms with E-state index in [9.17, 15) is 4.79 Å². The third-order valence-electron chi connectivity index (χ3n) is 1.22. The maximum Gasteiger partial charge on any atom is 0.325 e. The summed E-state index contributed by atoms with van der Waals surface area (Å²) in [4.78, 5) is 10.8. The summed E-state index contributed by atoms with van der Waals surface area (Å²) in [6.45, 7) is 5.09. The number of carbonyl (C=O) groups excluding carboxylic acids is 1. The molecule has 0 heterocycles. The lowest BCUT2D eigenvalue weighted by Crippen LogP contribution is -2.45. The van der Waals surface area contributed by atoms with E-state index in [4.69, 9.17) is 5.73 Å². The number of esters is 1. The van der Waals surface area contributed by atoms with Crippen LogP contribution >= 0.6 is 0 Å². The monoisotopic (exact) mass is 143 g/mol. The Morgan fingerprint density at radius 1 is 1.90 bits per heavy atom. The second-order valence-corrected chi connectivity index (χ2v) is 2.40. The molecular weight excluding hydrogens is 130 g/mol. The van der Waals surface area contributed by atoms with Crippen molar-refractivity contribution in [2.75, 3.05) is 7.11 Å². The largest absolute Gasteiger partial charge is 0.468 e. The molecule has 58 valence electrons. The Morgan fingerprint density at radius 2 is 2.40 bits per heavy atom. The summed E-state index contributed by atoms with van der Waals surface area (Å²) >= 11 is 0. The molecule has 0 aliphatic rings. The number of ether oxygens (including phenoxy) is 1. The van der Waals surface area contributed by atoms with E-state index < -0.39 is 11.5 Å². The molecular formula is C7H13NO2. The van der Waals surface area contributed by atoms with Crippen LogP contribution in [0.25, 0.3) is 0 Å². The number of rotatable bonds is 3. The van der Waals surface area contributed by atoms with E-state index in [0.717, 1.165) is 0 Å². The predicted octanol–water partition coefficient (Wildman–Crippen LogP) is 0.453. The molecule has 0 radical (unpaired) electrons. The smallest absolute Gasteiger partial charge is 0.325 e. The standard InChI is InChI=1S/C7H13NO2/c1-4-5-7(2,8)6(9)10-3/h4H,1,5,8H2,2-3H3. The minimum atomic E-state index is -0.920. The summed E-state index contributed by atoms with van der Waals surface area (Å²) in [6, 6.07) is 0. The number of hydrogen-bond donors (Lipinski definition) is 1.